The summed E-state index contributed by atoms with van der Waals surface area (Å²) in [5.74, 6) is -0.137. The first kappa shape index (κ1) is 14.4. The van der Waals surface area contributed by atoms with Crippen LogP contribution in [0, 0.1) is 0 Å². The van der Waals surface area contributed by atoms with Gasteiger partial charge in [-0.15, -0.1) is 0 Å². The molecule has 1 aliphatic heterocycles. The molecule has 0 bridgehead atoms. The number of rotatable bonds is 4. The summed E-state index contributed by atoms with van der Waals surface area (Å²) in [6.07, 6.45) is 4.02. The second kappa shape index (κ2) is 7.56. The van der Waals surface area contributed by atoms with Crippen molar-refractivity contribution in [3.05, 3.63) is 46.3 Å². The van der Waals surface area contributed by atoms with Gasteiger partial charge in [0.25, 0.3) is 0 Å². The van der Waals surface area contributed by atoms with E-state index >= 15 is 0 Å². The molecule has 0 saturated carbocycles. The Morgan fingerprint density at radius 2 is 2.15 bits per heavy atom. The number of benzene rings is 1. The van der Waals surface area contributed by atoms with Crippen molar-refractivity contribution in [3.8, 4) is 0 Å². The maximum absolute atomic E-state index is 11.6. The van der Waals surface area contributed by atoms with E-state index in [0.29, 0.717) is 12.8 Å². The number of ether oxygens (including phenoxy) is 1. The number of nitrogens with zero attached hydrogens (tertiary/aromatic N) is 3. The van der Waals surface area contributed by atoms with Gasteiger partial charge in [0.1, 0.15) is 6.10 Å². The molecule has 0 amide bonds. The average molecular weight is 273 g/mol. The smallest absolute Gasteiger partial charge is 0.306 e. The van der Waals surface area contributed by atoms with Crippen LogP contribution in [-0.2, 0) is 16.0 Å². The monoisotopic (exact) mass is 273 g/mol. The number of azide groups is 1. The Labute approximate surface area is 118 Å². The molecule has 0 spiro atoms. The van der Waals surface area contributed by atoms with E-state index in [1.165, 1.54) is 5.56 Å². The predicted molar refractivity (Wildman–Crippen MR) is 76.0 cm³/mol. The van der Waals surface area contributed by atoms with Crippen LogP contribution in [0.3, 0.4) is 0 Å². The Balaban J connectivity index is 1.94. The zero-order valence-corrected chi connectivity index (χ0v) is 11.4. The van der Waals surface area contributed by atoms with Gasteiger partial charge >= 0.3 is 5.97 Å². The standard InChI is InChI=1S/C15H19N3O2/c16-18-17-13-7-4-8-15(19)20-14(11-13)10-9-12-5-2-1-3-6-12/h1-3,5-6,13-14H,4,7-11H2/t13-,14-/m1/s1. The lowest BCUT2D eigenvalue weighted by atomic mass is 9.97. The molecule has 1 aliphatic rings. The zero-order chi connectivity index (χ0) is 14.2. The van der Waals surface area contributed by atoms with E-state index in [2.05, 4.69) is 22.2 Å². The van der Waals surface area contributed by atoms with Gasteiger partial charge in [-0.3, -0.25) is 4.79 Å². The van der Waals surface area contributed by atoms with Crippen molar-refractivity contribution in [3.63, 3.8) is 0 Å². The van der Waals surface area contributed by atoms with E-state index in [-0.39, 0.29) is 18.1 Å². The van der Waals surface area contributed by atoms with E-state index < -0.39 is 0 Å². The molecule has 0 aliphatic carbocycles. The highest BCUT2D eigenvalue weighted by molar-refractivity contribution is 5.69. The van der Waals surface area contributed by atoms with E-state index in [9.17, 15) is 4.79 Å². The van der Waals surface area contributed by atoms with Gasteiger partial charge in [-0.05, 0) is 43.2 Å². The summed E-state index contributed by atoms with van der Waals surface area (Å²) in [4.78, 5) is 14.5. The Kier molecular flexibility index (Phi) is 5.44. The molecule has 0 unspecified atom stereocenters. The number of hydrogen-bond donors (Lipinski definition) is 0. The fourth-order valence-electron chi connectivity index (χ4n) is 2.52. The maximum atomic E-state index is 11.6. The molecule has 5 heteroatoms. The molecule has 1 aromatic rings. The number of aryl methyl sites for hydroxylation is 1. The van der Waals surface area contributed by atoms with Crippen LogP contribution in [0.2, 0.25) is 0 Å². The number of hydrogen-bond acceptors (Lipinski definition) is 3. The topological polar surface area (TPSA) is 75.1 Å². The van der Waals surface area contributed by atoms with Crippen molar-refractivity contribution in [2.45, 2.75) is 50.7 Å². The van der Waals surface area contributed by atoms with Gasteiger partial charge in [0, 0.05) is 17.4 Å². The molecule has 20 heavy (non-hydrogen) atoms. The molecule has 5 nitrogen and oxygen atoms in total. The first-order valence-electron chi connectivity index (χ1n) is 7.05. The fraction of sp³-hybridized carbons (Fsp3) is 0.533. The highest BCUT2D eigenvalue weighted by atomic mass is 16.5. The molecular weight excluding hydrogens is 254 g/mol. The predicted octanol–water partition coefficient (Wildman–Crippen LogP) is 3.78. The van der Waals surface area contributed by atoms with Gasteiger partial charge in [-0.1, -0.05) is 35.4 Å². The second-order valence-electron chi connectivity index (χ2n) is 5.12. The van der Waals surface area contributed by atoms with Crippen molar-refractivity contribution < 1.29 is 9.53 Å². The minimum absolute atomic E-state index is 0.0612. The number of carbonyl (C=O) groups excluding carboxylic acids is 1. The lowest BCUT2D eigenvalue weighted by molar-refractivity contribution is -0.151. The van der Waals surface area contributed by atoms with Crippen LogP contribution in [-0.4, -0.2) is 18.1 Å². The van der Waals surface area contributed by atoms with Crippen LogP contribution < -0.4 is 0 Å². The molecule has 2 rings (SSSR count). The van der Waals surface area contributed by atoms with E-state index in [0.717, 1.165) is 25.7 Å². The Bertz CT molecular complexity index is 483. The molecule has 1 fully saturated rings. The number of cyclic esters (lactones) is 1. The third-order valence-electron chi connectivity index (χ3n) is 3.56. The van der Waals surface area contributed by atoms with Crippen molar-refractivity contribution >= 4 is 5.97 Å². The van der Waals surface area contributed by atoms with Crippen LogP contribution >= 0.6 is 0 Å². The van der Waals surface area contributed by atoms with Crippen LogP contribution in [0.1, 0.15) is 37.7 Å². The second-order valence-corrected chi connectivity index (χ2v) is 5.12. The highest BCUT2D eigenvalue weighted by Gasteiger charge is 2.22. The highest BCUT2D eigenvalue weighted by Crippen LogP contribution is 2.21. The summed E-state index contributed by atoms with van der Waals surface area (Å²) in [5, 5.41) is 3.80. The van der Waals surface area contributed by atoms with Gasteiger partial charge in [0.15, 0.2) is 0 Å². The molecular formula is C15H19N3O2. The molecule has 0 N–H and O–H groups in total. The van der Waals surface area contributed by atoms with Crippen LogP contribution in [0.4, 0.5) is 0 Å². The lowest BCUT2D eigenvalue weighted by Gasteiger charge is -2.24. The zero-order valence-electron chi connectivity index (χ0n) is 11.4. The van der Waals surface area contributed by atoms with Crippen molar-refractivity contribution in [2.24, 2.45) is 5.11 Å². The van der Waals surface area contributed by atoms with Crippen LogP contribution in [0.5, 0.6) is 0 Å². The van der Waals surface area contributed by atoms with Gasteiger partial charge < -0.3 is 4.74 Å². The quantitative estimate of drug-likeness (QED) is 0.362. The van der Waals surface area contributed by atoms with Crippen LogP contribution in [0.15, 0.2) is 35.4 Å². The average Bonchev–Trinajstić information content (AvgIpc) is 2.44. The molecule has 106 valence electrons. The normalized spacial score (nSPS) is 23.1. The molecule has 2 atom stereocenters. The van der Waals surface area contributed by atoms with Gasteiger partial charge in [0.05, 0.1) is 0 Å². The number of carbonyl (C=O) groups is 1. The Morgan fingerprint density at radius 1 is 1.35 bits per heavy atom. The summed E-state index contributed by atoms with van der Waals surface area (Å²) >= 11 is 0. The summed E-state index contributed by atoms with van der Waals surface area (Å²) in [7, 11) is 0. The summed E-state index contributed by atoms with van der Waals surface area (Å²) in [5.41, 5.74) is 9.81. The van der Waals surface area contributed by atoms with E-state index in [1.54, 1.807) is 0 Å². The largest absolute Gasteiger partial charge is 0.462 e. The third-order valence-corrected chi connectivity index (χ3v) is 3.56. The minimum Gasteiger partial charge on any atom is -0.462 e. The summed E-state index contributed by atoms with van der Waals surface area (Å²) in [6, 6.07) is 10.1. The molecule has 0 aromatic heterocycles. The molecule has 1 heterocycles. The lowest BCUT2D eigenvalue weighted by Crippen LogP contribution is -2.26. The molecule has 1 aromatic carbocycles. The maximum Gasteiger partial charge on any atom is 0.306 e. The fourth-order valence-corrected chi connectivity index (χ4v) is 2.52. The van der Waals surface area contributed by atoms with Gasteiger partial charge in [0.2, 0.25) is 0 Å². The SMILES string of the molecule is [N-]=[N+]=N[C@@H]1CCCC(=O)O[C@H](CCc2ccccc2)C1. The summed E-state index contributed by atoms with van der Waals surface area (Å²) < 4.78 is 5.47. The Hall–Kier alpha value is -2.00. The van der Waals surface area contributed by atoms with Crippen molar-refractivity contribution in [2.75, 3.05) is 0 Å². The van der Waals surface area contributed by atoms with Crippen molar-refractivity contribution in [1.29, 1.82) is 0 Å². The van der Waals surface area contributed by atoms with Crippen molar-refractivity contribution in [1.82, 2.24) is 0 Å². The minimum atomic E-state index is -0.154. The first-order chi connectivity index (χ1) is 9.78. The Morgan fingerprint density at radius 3 is 2.90 bits per heavy atom. The van der Waals surface area contributed by atoms with E-state index in [1.807, 2.05) is 18.2 Å². The number of esters is 1. The summed E-state index contributed by atoms with van der Waals surface area (Å²) in [6.45, 7) is 0. The van der Waals surface area contributed by atoms with E-state index in [4.69, 9.17) is 10.3 Å². The van der Waals surface area contributed by atoms with Gasteiger partial charge in [-0.25, -0.2) is 0 Å². The third kappa shape index (κ3) is 4.59. The molecule has 0 radical (unpaired) electrons. The van der Waals surface area contributed by atoms with Gasteiger partial charge in [-0.2, -0.15) is 0 Å². The first-order valence-corrected chi connectivity index (χ1v) is 7.05. The van der Waals surface area contributed by atoms with Crippen LogP contribution in [0.25, 0.3) is 10.4 Å². The molecule has 1 saturated heterocycles.